The van der Waals surface area contributed by atoms with Crippen molar-refractivity contribution in [2.24, 2.45) is 0 Å². The molecule has 0 bridgehead atoms. The molecule has 2 aromatic carbocycles. The summed E-state index contributed by atoms with van der Waals surface area (Å²) in [6.07, 6.45) is 9.57. The number of amides is 1. The van der Waals surface area contributed by atoms with Crippen molar-refractivity contribution in [3.05, 3.63) is 59.7 Å². The van der Waals surface area contributed by atoms with Gasteiger partial charge in [-0.3, -0.25) is 9.69 Å². The number of para-hydroxylation sites is 2. The van der Waals surface area contributed by atoms with Crippen LogP contribution in [0.3, 0.4) is 0 Å². The molecule has 7 heteroatoms. The van der Waals surface area contributed by atoms with E-state index < -0.39 is 11.9 Å². The molecule has 1 fully saturated rings. The number of anilines is 2. The predicted molar refractivity (Wildman–Crippen MR) is 122 cm³/mol. The minimum atomic E-state index is -1.82. The van der Waals surface area contributed by atoms with Gasteiger partial charge in [-0.1, -0.05) is 62.1 Å². The van der Waals surface area contributed by atoms with Gasteiger partial charge < -0.3 is 15.5 Å². The number of rotatable bonds is 3. The van der Waals surface area contributed by atoms with Gasteiger partial charge in [0.25, 0.3) is 0 Å². The summed E-state index contributed by atoms with van der Waals surface area (Å²) >= 11 is 0. The van der Waals surface area contributed by atoms with Crippen LogP contribution in [0.2, 0.25) is 0 Å². The SMILES string of the molecule is O=C(CNC1CCCCCC1)N1c2ccccc2CCc2ccccc21.O=C(O)C(=O)O. The number of benzene rings is 2. The Bertz CT molecular complexity index is 891. The first kappa shape index (κ1) is 23.5. The van der Waals surface area contributed by atoms with E-state index >= 15 is 0 Å². The van der Waals surface area contributed by atoms with Crippen LogP contribution in [0.4, 0.5) is 11.4 Å². The van der Waals surface area contributed by atoms with Crippen LogP contribution >= 0.6 is 0 Å². The molecule has 0 aromatic heterocycles. The highest BCUT2D eigenvalue weighted by atomic mass is 16.4. The number of nitrogens with one attached hydrogen (secondary N) is 1. The van der Waals surface area contributed by atoms with E-state index in [0.717, 1.165) is 24.2 Å². The van der Waals surface area contributed by atoms with Gasteiger partial charge in [0.2, 0.25) is 5.91 Å². The fourth-order valence-electron chi connectivity index (χ4n) is 4.34. The van der Waals surface area contributed by atoms with Gasteiger partial charge in [0, 0.05) is 6.04 Å². The van der Waals surface area contributed by atoms with Gasteiger partial charge in [-0.05, 0) is 48.9 Å². The van der Waals surface area contributed by atoms with Gasteiger partial charge in [-0.2, -0.15) is 0 Å². The van der Waals surface area contributed by atoms with Crippen LogP contribution in [0.25, 0.3) is 0 Å². The quantitative estimate of drug-likeness (QED) is 0.495. The maximum Gasteiger partial charge on any atom is 0.414 e. The molecule has 32 heavy (non-hydrogen) atoms. The molecule has 2 aliphatic rings. The number of aliphatic carboxylic acids is 2. The third kappa shape index (κ3) is 6.17. The van der Waals surface area contributed by atoms with Crippen LogP contribution in [-0.4, -0.2) is 40.6 Å². The molecule has 1 amide bonds. The number of carboxylic acid groups (broad SMARTS) is 2. The molecule has 0 radical (unpaired) electrons. The van der Waals surface area contributed by atoms with E-state index in [1.807, 2.05) is 17.0 Å². The number of carbonyl (C=O) groups excluding carboxylic acids is 1. The monoisotopic (exact) mass is 438 g/mol. The fourth-order valence-corrected chi connectivity index (χ4v) is 4.34. The lowest BCUT2D eigenvalue weighted by Gasteiger charge is -2.26. The highest BCUT2D eigenvalue weighted by Crippen LogP contribution is 2.35. The predicted octanol–water partition coefficient (Wildman–Crippen LogP) is 3.92. The number of aryl methyl sites for hydroxylation is 2. The van der Waals surface area contributed by atoms with Crippen LogP contribution in [0.15, 0.2) is 48.5 Å². The van der Waals surface area contributed by atoms with E-state index in [-0.39, 0.29) is 5.91 Å². The van der Waals surface area contributed by atoms with Crippen LogP contribution in [0.5, 0.6) is 0 Å². The van der Waals surface area contributed by atoms with E-state index in [2.05, 4.69) is 41.7 Å². The lowest BCUT2D eigenvalue weighted by molar-refractivity contribution is -0.159. The summed E-state index contributed by atoms with van der Waals surface area (Å²) < 4.78 is 0. The smallest absolute Gasteiger partial charge is 0.414 e. The lowest BCUT2D eigenvalue weighted by atomic mass is 10.0. The number of hydrogen-bond acceptors (Lipinski definition) is 4. The zero-order valence-electron chi connectivity index (χ0n) is 18.1. The third-order valence-corrected chi connectivity index (χ3v) is 5.96. The van der Waals surface area contributed by atoms with E-state index in [1.165, 1.54) is 49.7 Å². The van der Waals surface area contributed by atoms with Gasteiger partial charge in [0.1, 0.15) is 0 Å². The molecule has 0 atom stereocenters. The Hall–Kier alpha value is -3.19. The Morgan fingerprint density at radius 3 is 1.72 bits per heavy atom. The second-order valence-corrected chi connectivity index (χ2v) is 8.17. The normalized spacial score (nSPS) is 15.8. The lowest BCUT2D eigenvalue weighted by Crippen LogP contribution is -2.40. The molecular weight excluding hydrogens is 408 g/mol. The third-order valence-electron chi connectivity index (χ3n) is 5.96. The zero-order valence-corrected chi connectivity index (χ0v) is 18.1. The summed E-state index contributed by atoms with van der Waals surface area (Å²) in [5, 5.41) is 18.3. The Kier molecular flexibility index (Phi) is 8.39. The average Bonchev–Trinajstić information content (AvgIpc) is 3.15. The first-order chi connectivity index (χ1) is 15.5. The van der Waals surface area contributed by atoms with Crippen molar-refractivity contribution >= 4 is 29.2 Å². The van der Waals surface area contributed by atoms with Crippen molar-refractivity contribution in [2.45, 2.75) is 57.4 Å². The van der Waals surface area contributed by atoms with Crippen molar-refractivity contribution in [3.63, 3.8) is 0 Å². The molecular formula is C25H30N2O5. The van der Waals surface area contributed by atoms with Crippen molar-refractivity contribution in [2.75, 3.05) is 11.4 Å². The molecule has 0 unspecified atom stereocenters. The van der Waals surface area contributed by atoms with Crippen molar-refractivity contribution in [1.82, 2.24) is 5.32 Å². The molecule has 1 heterocycles. The molecule has 0 saturated heterocycles. The summed E-state index contributed by atoms with van der Waals surface area (Å²) in [4.78, 5) is 33.4. The van der Waals surface area contributed by atoms with Crippen LogP contribution < -0.4 is 10.2 Å². The van der Waals surface area contributed by atoms with Crippen molar-refractivity contribution in [3.8, 4) is 0 Å². The summed E-state index contributed by atoms with van der Waals surface area (Å²) in [7, 11) is 0. The molecule has 170 valence electrons. The molecule has 7 nitrogen and oxygen atoms in total. The van der Waals surface area contributed by atoms with Gasteiger partial charge >= 0.3 is 11.9 Å². The topological polar surface area (TPSA) is 107 Å². The summed E-state index contributed by atoms with van der Waals surface area (Å²) in [5.41, 5.74) is 4.60. The van der Waals surface area contributed by atoms with Crippen molar-refractivity contribution < 1.29 is 24.6 Å². The van der Waals surface area contributed by atoms with Crippen LogP contribution in [-0.2, 0) is 27.2 Å². The first-order valence-corrected chi connectivity index (χ1v) is 11.2. The fraction of sp³-hybridized carbons (Fsp3) is 0.400. The maximum absolute atomic E-state index is 13.3. The molecule has 4 rings (SSSR count). The van der Waals surface area contributed by atoms with Crippen molar-refractivity contribution in [1.29, 1.82) is 0 Å². The molecule has 1 saturated carbocycles. The van der Waals surface area contributed by atoms with Crippen LogP contribution in [0, 0.1) is 0 Å². The van der Waals surface area contributed by atoms with Gasteiger partial charge in [0.05, 0.1) is 17.9 Å². The molecule has 3 N–H and O–H groups in total. The number of fused-ring (bicyclic) bond motifs is 2. The molecule has 1 aliphatic carbocycles. The van der Waals surface area contributed by atoms with E-state index in [0.29, 0.717) is 12.6 Å². The second kappa shape index (κ2) is 11.4. The Morgan fingerprint density at radius 2 is 1.25 bits per heavy atom. The van der Waals surface area contributed by atoms with Gasteiger partial charge in [-0.25, -0.2) is 9.59 Å². The number of carbonyl (C=O) groups is 3. The molecule has 0 spiro atoms. The molecule has 1 aliphatic heterocycles. The number of carboxylic acids is 2. The van der Waals surface area contributed by atoms with Crippen LogP contribution in [0.1, 0.15) is 49.7 Å². The highest BCUT2D eigenvalue weighted by molar-refractivity contribution is 6.27. The summed E-state index contributed by atoms with van der Waals surface area (Å²) in [5.74, 6) is -3.50. The average molecular weight is 439 g/mol. The largest absolute Gasteiger partial charge is 0.473 e. The minimum absolute atomic E-state index is 0.149. The Morgan fingerprint density at radius 1 is 0.781 bits per heavy atom. The van der Waals surface area contributed by atoms with E-state index in [4.69, 9.17) is 19.8 Å². The van der Waals surface area contributed by atoms with Gasteiger partial charge in [0.15, 0.2) is 0 Å². The Balaban J connectivity index is 0.000000427. The second-order valence-electron chi connectivity index (χ2n) is 8.17. The first-order valence-electron chi connectivity index (χ1n) is 11.2. The molecule has 2 aromatic rings. The van der Waals surface area contributed by atoms with E-state index in [9.17, 15) is 4.79 Å². The maximum atomic E-state index is 13.3. The minimum Gasteiger partial charge on any atom is -0.473 e. The highest BCUT2D eigenvalue weighted by Gasteiger charge is 2.25. The Labute approximate surface area is 188 Å². The number of nitrogens with zero attached hydrogens (tertiary/aromatic N) is 1. The standard InChI is InChI=1S/C23H28N2O.C2H2O4/c26-23(17-24-20-11-3-1-2-4-12-20)25-21-13-7-5-9-18(21)15-16-19-10-6-8-14-22(19)25;3-1(4)2(5)6/h5-10,13-14,20,24H,1-4,11-12,15-17H2;(H,3,4)(H,5,6). The zero-order chi connectivity index (χ0) is 22.9. The number of hydrogen-bond donors (Lipinski definition) is 3. The summed E-state index contributed by atoms with van der Waals surface area (Å²) in [6.45, 7) is 0.410. The van der Waals surface area contributed by atoms with E-state index in [1.54, 1.807) is 0 Å². The summed E-state index contributed by atoms with van der Waals surface area (Å²) in [6, 6.07) is 17.2. The van der Waals surface area contributed by atoms with Gasteiger partial charge in [-0.15, -0.1) is 0 Å².